The van der Waals surface area contributed by atoms with E-state index in [0.717, 1.165) is 19.3 Å². The fraction of sp³-hybridized carbons (Fsp3) is 0.226. The molecular formula is C31H29F4N3O2. The first-order valence-corrected chi connectivity index (χ1v) is 12.8. The third-order valence-corrected chi connectivity index (χ3v) is 6.28. The third-order valence-electron chi connectivity index (χ3n) is 6.28. The standard InChI is InChI=1S/C31H29F4N3O2/c1-36-28(39)11-7-2-3-8-16-40-29-15-13-23(19-38-29)30(22-12-14-27-24(17-22)26(32)20-37-27)25(18-31(33,34)35)21-9-5-4-6-10-21/h4-7,9-15,17,19-20,37H,2-3,8,16,18H2,1H3,(H,36,39)/b11-7+,30-25-. The topological polar surface area (TPSA) is 67.0 Å². The summed E-state index contributed by atoms with van der Waals surface area (Å²) in [6.07, 6.45) is 2.60. The zero-order valence-electron chi connectivity index (χ0n) is 21.9. The second kappa shape index (κ2) is 13.1. The summed E-state index contributed by atoms with van der Waals surface area (Å²) in [6.45, 7) is 0.398. The lowest BCUT2D eigenvalue weighted by molar-refractivity contribution is -0.123. The van der Waals surface area contributed by atoms with Gasteiger partial charge in [-0.25, -0.2) is 9.37 Å². The molecule has 2 heterocycles. The zero-order valence-corrected chi connectivity index (χ0v) is 21.9. The number of rotatable bonds is 11. The highest BCUT2D eigenvalue weighted by atomic mass is 19.4. The molecule has 9 heteroatoms. The molecule has 1 amide bonds. The summed E-state index contributed by atoms with van der Waals surface area (Å²) in [5.74, 6) is -0.301. The molecule has 2 aromatic carbocycles. The highest BCUT2D eigenvalue weighted by Crippen LogP contribution is 2.40. The van der Waals surface area contributed by atoms with Gasteiger partial charge in [0, 0.05) is 42.0 Å². The van der Waals surface area contributed by atoms with Gasteiger partial charge in [-0.1, -0.05) is 42.5 Å². The first kappa shape index (κ1) is 28.6. The summed E-state index contributed by atoms with van der Waals surface area (Å²) in [6, 6.07) is 16.5. The molecule has 2 N–H and O–H groups in total. The van der Waals surface area contributed by atoms with Crippen LogP contribution in [0.25, 0.3) is 22.0 Å². The van der Waals surface area contributed by atoms with Crippen LogP contribution in [0.3, 0.4) is 0 Å². The fourth-order valence-electron chi connectivity index (χ4n) is 4.36. The van der Waals surface area contributed by atoms with Crippen LogP contribution in [0.1, 0.15) is 42.4 Å². The summed E-state index contributed by atoms with van der Waals surface area (Å²) in [4.78, 5) is 18.4. The molecule has 0 spiro atoms. The number of carbonyl (C=O) groups excluding carboxylic acids is 1. The SMILES string of the molecule is CNC(=O)/C=C/CCCCOc1ccc(/C(=C(/CC(F)(F)F)c2ccccc2)c2ccc3[nH]cc(F)c3c2)cn1. The average Bonchev–Trinajstić information content (AvgIpc) is 3.32. The number of carbonyl (C=O) groups is 1. The fourth-order valence-corrected chi connectivity index (χ4v) is 4.36. The number of hydrogen-bond donors (Lipinski definition) is 2. The van der Waals surface area contributed by atoms with Crippen molar-refractivity contribution in [2.24, 2.45) is 0 Å². The van der Waals surface area contributed by atoms with Crippen molar-refractivity contribution >= 4 is 28.0 Å². The van der Waals surface area contributed by atoms with Gasteiger partial charge in [0.25, 0.3) is 0 Å². The Kier molecular flexibility index (Phi) is 9.37. The van der Waals surface area contributed by atoms with Gasteiger partial charge in [-0.3, -0.25) is 4.79 Å². The lowest BCUT2D eigenvalue weighted by atomic mass is 9.88. The van der Waals surface area contributed by atoms with Crippen LogP contribution >= 0.6 is 0 Å². The molecule has 40 heavy (non-hydrogen) atoms. The largest absolute Gasteiger partial charge is 0.478 e. The van der Waals surface area contributed by atoms with Gasteiger partial charge in [0.05, 0.1) is 13.0 Å². The summed E-state index contributed by atoms with van der Waals surface area (Å²) in [5, 5.41) is 2.80. The first-order chi connectivity index (χ1) is 19.2. The number of benzene rings is 2. The van der Waals surface area contributed by atoms with Crippen molar-refractivity contribution < 1.29 is 27.1 Å². The molecule has 0 aliphatic heterocycles. The monoisotopic (exact) mass is 551 g/mol. The molecule has 0 fully saturated rings. The van der Waals surface area contributed by atoms with Crippen LogP contribution in [-0.4, -0.2) is 35.7 Å². The maximum atomic E-state index is 14.4. The highest BCUT2D eigenvalue weighted by Gasteiger charge is 2.31. The number of pyridine rings is 1. The number of amides is 1. The molecule has 0 atom stereocenters. The van der Waals surface area contributed by atoms with Crippen molar-refractivity contribution in [1.82, 2.24) is 15.3 Å². The van der Waals surface area contributed by atoms with Gasteiger partial charge in [0.15, 0.2) is 0 Å². The number of halogens is 4. The minimum absolute atomic E-state index is 0.0590. The lowest BCUT2D eigenvalue weighted by Gasteiger charge is -2.19. The number of likely N-dealkylation sites (N-methyl/N-ethyl adjacent to an activating group) is 1. The Hall–Kier alpha value is -4.40. The number of hydrogen-bond acceptors (Lipinski definition) is 3. The smallest absolute Gasteiger partial charge is 0.393 e. The second-order valence-corrected chi connectivity index (χ2v) is 9.15. The van der Waals surface area contributed by atoms with Crippen molar-refractivity contribution in [2.75, 3.05) is 13.7 Å². The van der Waals surface area contributed by atoms with Crippen LogP contribution in [0.5, 0.6) is 5.88 Å². The number of alkyl halides is 3. The van der Waals surface area contributed by atoms with Crippen molar-refractivity contribution in [3.63, 3.8) is 0 Å². The van der Waals surface area contributed by atoms with Crippen molar-refractivity contribution in [2.45, 2.75) is 31.9 Å². The van der Waals surface area contributed by atoms with Crippen LogP contribution in [0.2, 0.25) is 0 Å². The van der Waals surface area contributed by atoms with E-state index < -0.39 is 18.4 Å². The van der Waals surface area contributed by atoms with Gasteiger partial charge in [-0.2, -0.15) is 13.2 Å². The Balaban J connectivity index is 1.64. The minimum Gasteiger partial charge on any atom is -0.478 e. The number of nitrogens with zero attached hydrogens (tertiary/aromatic N) is 1. The van der Waals surface area contributed by atoms with Gasteiger partial charge in [0.1, 0.15) is 5.82 Å². The van der Waals surface area contributed by atoms with Crippen LogP contribution in [-0.2, 0) is 4.79 Å². The average molecular weight is 552 g/mol. The Bertz CT molecular complexity index is 1490. The molecular weight excluding hydrogens is 522 g/mol. The predicted octanol–water partition coefficient (Wildman–Crippen LogP) is 7.46. The number of H-pyrrole nitrogens is 1. The van der Waals surface area contributed by atoms with Crippen LogP contribution in [0.4, 0.5) is 17.6 Å². The van der Waals surface area contributed by atoms with Crippen molar-refractivity contribution in [3.8, 4) is 5.88 Å². The zero-order chi connectivity index (χ0) is 28.5. The second-order valence-electron chi connectivity index (χ2n) is 9.15. The van der Waals surface area contributed by atoms with E-state index in [1.54, 1.807) is 73.8 Å². The van der Waals surface area contributed by atoms with Gasteiger partial charge >= 0.3 is 6.18 Å². The number of fused-ring (bicyclic) bond motifs is 1. The molecule has 208 valence electrons. The predicted molar refractivity (Wildman–Crippen MR) is 148 cm³/mol. The van der Waals surface area contributed by atoms with E-state index in [1.807, 2.05) is 0 Å². The van der Waals surface area contributed by atoms with Crippen molar-refractivity contribution in [3.05, 3.63) is 108 Å². The van der Waals surface area contributed by atoms with E-state index in [4.69, 9.17) is 4.74 Å². The van der Waals surface area contributed by atoms with Crippen LogP contribution in [0.15, 0.2) is 85.2 Å². The molecule has 2 aromatic heterocycles. The normalized spacial score (nSPS) is 12.5. The lowest BCUT2D eigenvalue weighted by Crippen LogP contribution is -2.13. The number of unbranched alkanes of at least 4 members (excludes halogenated alkanes) is 2. The Morgan fingerprint density at radius 1 is 1.02 bits per heavy atom. The molecule has 0 unspecified atom stereocenters. The van der Waals surface area contributed by atoms with Crippen LogP contribution < -0.4 is 10.1 Å². The van der Waals surface area contributed by atoms with Gasteiger partial charge in [-0.15, -0.1) is 0 Å². The van der Waals surface area contributed by atoms with E-state index in [-0.39, 0.29) is 16.9 Å². The number of allylic oxidation sites excluding steroid dienone is 2. The number of nitrogens with one attached hydrogen (secondary N) is 2. The quantitative estimate of drug-likeness (QED) is 0.0880. The molecule has 5 nitrogen and oxygen atoms in total. The van der Waals surface area contributed by atoms with E-state index in [1.165, 1.54) is 18.5 Å². The Morgan fingerprint density at radius 3 is 2.50 bits per heavy atom. The van der Waals surface area contributed by atoms with E-state index in [9.17, 15) is 22.4 Å². The van der Waals surface area contributed by atoms with E-state index in [0.29, 0.717) is 40.3 Å². The third kappa shape index (κ3) is 7.59. The van der Waals surface area contributed by atoms with E-state index >= 15 is 0 Å². The molecule has 0 aliphatic carbocycles. The molecule has 0 bridgehead atoms. The highest BCUT2D eigenvalue weighted by molar-refractivity contribution is 6.00. The van der Waals surface area contributed by atoms with Crippen molar-refractivity contribution in [1.29, 1.82) is 0 Å². The molecule has 0 radical (unpaired) electrons. The molecule has 0 saturated heterocycles. The first-order valence-electron chi connectivity index (χ1n) is 12.8. The van der Waals surface area contributed by atoms with Gasteiger partial charge < -0.3 is 15.0 Å². The number of aromatic nitrogens is 2. The minimum atomic E-state index is -4.48. The molecule has 0 saturated carbocycles. The van der Waals surface area contributed by atoms with Gasteiger partial charge in [0.2, 0.25) is 11.8 Å². The Labute approximate surface area is 229 Å². The number of aromatic amines is 1. The van der Waals surface area contributed by atoms with E-state index in [2.05, 4.69) is 15.3 Å². The maximum absolute atomic E-state index is 14.4. The molecule has 0 aliphatic rings. The summed E-state index contributed by atoms with van der Waals surface area (Å²) in [7, 11) is 1.57. The van der Waals surface area contributed by atoms with Gasteiger partial charge in [-0.05, 0) is 65.8 Å². The molecule has 4 rings (SSSR count). The Morgan fingerprint density at radius 2 is 1.80 bits per heavy atom. The summed E-state index contributed by atoms with van der Waals surface area (Å²) in [5.41, 5.74) is 2.22. The van der Waals surface area contributed by atoms with Crippen LogP contribution in [0, 0.1) is 5.82 Å². The molecule has 4 aromatic rings. The summed E-state index contributed by atoms with van der Waals surface area (Å²) >= 11 is 0. The maximum Gasteiger partial charge on any atom is 0.393 e. The summed E-state index contributed by atoms with van der Waals surface area (Å²) < 4.78 is 61.7. The number of ether oxygens (including phenoxy) is 1.